The third kappa shape index (κ3) is 5.06. The number of rotatable bonds is 7. The van der Waals surface area contributed by atoms with E-state index in [0.717, 1.165) is 33.3 Å². The molecular weight excluding hydrogens is 475 g/mol. The molecule has 0 fully saturated rings. The Bertz CT molecular complexity index is 1530. The monoisotopic (exact) mass is 498 g/mol. The average molecular weight is 499 g/mol. The van der Waals surface area contributed by atoms with Crippen molar-refractivity contribution in [3.63, 3.8) is 0 Å². The molecule has 5 aromatic rings. The van der Waals surface area contributed by atoms with E-state index in [1.807, 2.05) is 61.5 Å². The van der Waals surface area contributed by atoms with Crippen molar-refractivity contribution in [2.45, 2.75) is 18.6 Å². The molecule has 1 amide bonds. The number of aromatic nitrogens is 4. The summed E-state index contributed by atoms with van der Waals surface area (Å²) in [6.07, 6.45) is 0. The van der Waals surface area contributed by atoms with Gasteiger partial charge in [-0.1, -0.05) is 71.9 Å². The summed E-state index contributed by atoms with van der Waals surface area (Å²) in [6, 6.07) is 23.9. The first-order valence-corrected chi connectivity index (χ1v) is 12.3. The van der Waals surface area contributed by atoms with Crippen LogP contribution in [0.5, 0.6) is 0 Å². The lowest BCUT2D eigenvalue weighted by molar-refractivity contribution is -0.118. The van der Waals surface area contributed by atoms with E-state index in [1.54, 1.807) is 12.1 Å². The van der Waals surface area contributed by atoms with Gasteiger partial charge < -0.3 is 11.2 Å². The number of halogens is 1. The molecule has 0 bridgehead atoms. The number of benzene rings is 3. The zero-order chi connectivity index (χ0) is 25.1. The summed E-state index contributed by atoms with van der Waals surface area (Å²) in [4.78, 5) is 17.2. The number of nitrogens with two attached hydrogens (primary N) is 1. The highest BCUT2D eigenvalue weighted by molar-refractivity contribution is 7.99. The number of hydrogen-bond donors (Lipinski definition) is 2. The van der Waals surface area contributed by atoms with Crippen LogP contribution in [0.25, 0.3) is 33.5 Å². The summed E-state index contributed by atoms with van der Waals surface area (Å²) >= 11 is 1.19. The quantitative estimate of drug-likeness (QED) is 0.249. The Balaban J connectivity index is 1.37. The third-order valence-corrected chi connectivity index (χ3v) is 6.65. The zero-order valence-electron chi connectivity index (χ0n) is 19.5. The molecule has 0 spiro atoms. The fourth-order valence-electron chi connectivity index (χ4n) is 3.78. The molecule has 3 aromatic carbocycles. The lowest BCUT2D eigenvalue weighted by Crippen LogP contribution is -2.25. The molecule has 2 aromatic heterocycles. The van der Waals surface area contributed by atoms with Crippen molar-refractivity contribution < 1.29 is 9.18 Å². The van der Waals surface area contributed by atoms with Crippen LogP contribution in [0.15, 0.2) is 84.0 Å². The van der Waals surface area contributed by atoms with E-state index in [1.165, 1.54) is 34.1 Å². The maximum atomic E-state index is 13.0. The second-order valence-corrected chi connectivity index (χ2v) is 9.25. The molecule has 0 radical (unpaired) electrons. The van der Waals surface area contributed by atoms with Gasteiger partial charge in [-0.3, -0.25) is 4.79 Å². The molecule has 7 nitrogen and oxygen atoms in total. The van der Waals surface area contributed by atoms with Gasteiger partial charge in [0.25, 0.3) is 0 Å². The highest BCUT2D eigenvalue weighted by Crippen LogP contribution is 2.32. The number of nitrogens with zero attached hydrogens (tertiary/aromatic N) is 4. The topological polar surface area (TPSA) is 98.7 Å². The molecule has 0 atom stereocenters. The Morgan fingerprint density at radius 1 is 1.03 bits per heavy atom. The number of nitrogens with one attached hydrogen (secondary N) is 1. The number of pyridine rings is 1. The molecule has 0 aliphatic heterocycles. The molecule has 0 aliphatic carbocycles. The van der Waals surface area contributed by atoms with Crippen molar-refractivity contribution >= 4 is 28.6 Å². The Morgan fingerprint density at radius 3 is 2.56 bits per heavy atom. The summed E-state index contributed by atoms with van der Waals surface area (Å²) in [6.45, 7) is 2.35. The minimum absolute atomic E-state index is 0.113. The summed E-state index contributed by atoms with van der Waals surface area (Å²) in [7, 11) is 0. The number of para-hydroxylation sites is 1. The molecule has 0 unspecified atom stereocenters. The molecule has 0 saturated heterocycles. The van der Waals surface area contributed by atoms with Crippen molar-refractivity contribution in [1.82, 2.24) is 25.2 Å². The fourth-order valence-corrected chi connectivity index (χ4v) is 4.46. The van der Waals surface area contributed by atoms with Gasteiger partial charge in [0.2, 0.25) is 11.1 Å². The SMILES string of the molecule is Cc1ccc(-c2cc(-c3nnc(SCC(=O)NCc4ccc(F)cc4)n3N)c3ccccc3n2)cc1. The highest BCUT2D eigenvalue weighted by atomic mass is 32.2. The molecule has 3 N–H and O–H groups in total. The van der Waals surface area contributed by atoms with Crippen molar-refractivity contribution in [2.24, 2.45) is 0 Å². The van der Waals surface area contributed by atoms with E-state index >= 15 is 0 Å². The second-order valence-electron chi connectivity index (χ2n) is 8.31. The van der Waals surface area contributed by atoms with Crippen LogP contribution in [0.3, 0.4) is 0 Å². The molecular formula is C27H23FN6OS. The Hall–Kier alpha value is -4.24. The second kappa shape index (κ2) is 10.2. The van der Waals surface area contributed by atoms with E-state index in [-0.39, 0.29) is 17.5 Å². The van der Waals surface area contributed by atoms with E-state index in [4.69, 9.17) is 10.8 Å². The largest absolute Gasteiger partial charge is 0.351 e. The number of nitrogen functional groups attached to an aromatic ring is 1. The highest BCUT2D eigenvalue weighted by Gasteiger charge is 2.18. The lowest BCUT2D eigenvalue weighted by atomic mass is 10.0. The molecule has 180 valence electrons. The van der Waals surface area contributed by atoms with Gasteiger partial charge in [0.05, 0.1) is 17.0 Å². The van der Waals surface area contributed by atoms with Crippen LogP contribution in [0, 0.1) is 12.7 Å². The first-order chi connectivity index (χ1) is 17.5. The first-order valence-electron chi connectivity index (χ1n) is 11.3. The number of hydrogen-bond acceptors (Lipinski definition) is 6. The minimum Gasteiger partial charge on any atom is -0.351 e. The number of aryl methyl sites for hydroxylation is 1. The number of carbonyl (C=O) groups is 1. The number of fused-ring (bicyclic) bond motifs is 1. The number of thioether (sulfide) groups is 1. The third-order valence-electron chi connectivity index (χ3n) is 5.70. The van der Waals surface area contributed by atoms with Crippen molar-refractivity contribution in [3.05, 3.63) is 95.8 Å². The smallest absolute Gasteiger partial charge is 0.230 e. The van der Waals surface area contributed by atoms with Gasteiger partial charge in [0.15, 0.2) is 5.82 Å². The molecule has 36 heavy (non-hydrogen) atoms. The van der Waals surface area contributed by atoms with Crippen LogP contribution in [-0.4, -0.2) is 31.5 Å². The van der Waals surface area contributed by atoms with Gasteiger partial charge in [-0.2, -0.15) is 0 Å². The maximum Gasteiger partial charge on any atom is 0.230 e. The van der Waals surface area contributed by atoms with Crippen molar-refractivity contribution in [3.8, 4) is 22.6 Å². The van der Waals surface area contributed by atoms with Gasteiger partial charge in [0, 0.05) is 23.1 Å². The van der Waals surface area contributed by atoms with Gasteiger partial charge in [-0.25, -0.2) is 14.1 Å². The summed E-state index contributed by atoms with van der Waals surface area (Å²) < 4.78 is 14.4. The maximum absolute atomic E-state index is 13.0. The lowest BCUT2D eigenvalue weighted by Gasteiger charge is -2.10. The molecule has 5 rings (SSSR count). The van der Waals surface area contributed by atoms with Crippen LogP contribution in [0.4, 0.5) is 4.39 Å². The first kappa shape index (κ1) is 23.5. The predicted octanol–water partition coefficient (Wildman–Crippen LogP) is 4.73. The Kier molecular flexibility index (Phi) is 6.64. The van der Waals surface area contributed by atoms with Gasteiger partial charge in [-0.05, 0) is 36.8 Å². The standard InChI is InChI=1S/C27H23FN6OS/c1-17-6-10-19(11-7-17)24-14-22(21-4-2-3-5-23(21)31-24)26-32-33-27(34(26)29)36-16-25(35)30-15-18-8-12-20(28)13-9-18/h2-14H,15-16,29H2,1H3,(H,30,35). The molecule has 0 saturated carbocycles. The Morgan fingerprint density at radius 2 is 1.78 bits per heavy atom. The normalized spacial score (nSPS) is 11.1. The van der Waals surface area contributed by atoms with E-state index in [2.05, 4.69) is 15.5 Å². The predicted molar refractivity (Wildman–Crippen MR) is 140 cm³/mol. The van der Waals surface area contributed by atoms with Crippen LogP contribution in [0.1, 0.15) is 11.1 Å². The average Bonchev–Trinajstić information content (AvgIpc) is 3.26. The van der Waals surface area contributed by atoms with Gasteiger partial charge in [0.1, 0.15) is 5.82 Å². The van der Waals surface area contributed by atoms with E-state index < -0.39 is 0 Å². The van der Waals surface area contributed by atoms with Crippen LogP contribution < -0.4 is 11.2 Å². The van der Waals surface area contributed by atoms with Gasteiger partial charge in [-0.15, -0.1) is 10.2 Å². The Labute approximate surface area is 211 Å². The number of carbonyl (C=O) groups excluding carboxylic acids is 1. The van der Waals surface area contributed by atoms with Crippen LogP contribution in [-0.2, 0) is 11.3 Å². The van der Waals surface area contributed by atoms with Crippen LogP contribution >= 0.6 is 11.8 Å². The van der Waals surface area contributed by atoms with Gasteiger partial charge >= 0.3 is 0 Å². The van der Waals surface area contributed by atoms with Crippen LogP contribution in [0.2, 0.25) is 0 Å². The van der Waals surface area contributed by atoms with Crippen molar-refractivity contribution in [1.29, 1.82) is 0 Å². The minimum atomic E-state index is -0.313. The summed E-state index contributed by atoms with van der Waals surface area (Å²) in [5, 5.41) is 12.7. The molecule has 9 heteroatoms. The van der Waals surface area contributed by atoms with Crippen molar-refractivity contribution in [2.75, 3.05) is 11.6 Å². The fraction of sp³-hybridized carbons (Fsp3) is 0.111. The van der Waals surface area contributed by atoms with E-state index in [9.17, 15) is 9.18 Å². The molecule has 0 aliphatic rings. The molecule has 2 heterocycles. The zero-order valence-corrected chi connectivity index (χ0v) is 20.3. The summed E-state index contributed by atoms with van der Waals surface area (Å²) in [5.41, 5.74) is 5.41. The summed E-state index contributed by atoms with van der Waals surface area (Å²) in [5.74, 6) is 6.48. The van der Waals surface area contributed by atoms with E-state index in [0.29, 0.717) is 17.5 Å². The number of amides is 1.